The van der Waals surface area contributed by atoms with Crippen LogP contribution in [0.25, 0.3) is 0 Å². The SMILES string of the molecule is CC(=O)NC1CC=C(C(=O)O)OC1C(O)CCO. The molecule has 0 saturated heterocycles. The Labute approximate surface area is 104 Å². The lowest BCUT2D eigenvalue weighted by Gasteiger charge is -2.34. The smallest absolute Gasteiger partial charge is 0.370 e. The number of rotatable bonds is 5. The summed E-state index contributed by atoms with van der Waals surface area (Å²) < 4.78 is 5.16. The number of carbonyl (C=O) groups is 2. The van der Waals surface area contributed by atoms with Gasteiger partial charge in [0, 0.05) is 20.0 Å². The molecule has 1 heterocycles. The van der Waals surface area contributed by atoms with Crippen LogP contribution in [0.5, 0.6) is 0 Å². The molecule has 0 radical (unpaired) electrons. The molecule has 0 bridgehead atoms. The minimum atomic E-state index is -1.22. The molecule has 0 aliphatic carbocycles. The molecule has 1 amide bonds. The Morgan fingerprint density at radius 2 is 2.28 bits per heavy atom. The Kier molecular flexibility index (Phi) is 5.11. The summed E-state index contributed by atoms with van der Waals surface area (Å²) >= 11 is 0. The molecular formula is C11H17NO6. The third-order valence-electron chi connectivity index (χ3n) is 2.62. The van der Waals surface area contributed by atoms with Crippen molar-refractivity contribution in [2.24, 2.45) is 0 Å². The van der Waals surface area contributed by atoms with E-state index in [1.54, 1.807) is 0 Å². The van der Waals surface area contributed by atoms with Gasteiger partial charge in [-0.2, -0.15) is 0 Å². The molecule has 1 rings (SSSR count). The van der Waals surface area contributed by atoms with Crippen LogP contribution in [0.2, 0.25) is 0 Å². The van der Waals surface area contributed by atoms with Gasteiger partial charge in [-0.15, -0.1) is 0 Å². The monoisotopic (exact) mass is 259 g/mol. The van der Waals surface area contributed by atoms with E-state index in [4.69, 9.17) is 14.9 Å². The zero-order chi connectivity index (χ0) is 13.7. The van der Waals surface area contributed by atoms with E-state index in [-0.39, 0.29) is 31.1 Å². The van der Waals surface area contributed by atoms with Gasteiger partial charge in [0.15, 0.2) is 0 Å². The Bertz CT molecular complexity index is 353. The second-order valence-corrected chi connectivity index (χ2v) is 4.08. The first kappa shape index (κ1) is 14.5. The van der Waals surface area contributed by atoms with Gasteiger partial charge in [0.05, 0.1) is 12.1 Å². The fourth-order valence-electron chi connectivity index (χ4n) is 1.83. The molecule has 102 valence electrons. The number of hydrogen-bond acceptors (Lipinski definition) is 5. The highest BCUT2D eigenvalue weighted by Gasteiger charge is 2.35. The standard InChI is InChI=1S/C11H17NO6/c1-6(14)12-7-2-3-9(11(16)17)18-10(7)8(15)4-5-13/h3,7-8,10,13,15H,2,4-5H2,1H3,(H,12,14)(H,16,17). The largest absolute Gasteiger partial charge is 0.478 e. The van der Waals surface area contributed by atoms with Crippen LogP contribution >= 0.6 is 0 Å². The topological polar surface area (TPSA) is 116 Å². The Morgan fingerprint density at radius 3 is 2.78 bits per heavy atom. The Balaban J connectivity index is 2.81. The van der Waals surface area contributed by atoms with Gasteiger partial charge in [0.1, 0.15) is 6.10 Å². The maximum absolute atomic E-state index is 11.0. The van der Waals surface area contributed by atoms with Gasteiger partial charge in [0.2, 0.25) is 11.7 Å². The normalized spacial score (nSPS) is 24.7. The number of aliphatic hydroxyl groups excluding tert-OH is 2. The fourth-order valence-corrected chi connectivity index (χ4v) is 1.83. The zero-order valence-electron chi connectivity index (χ0n) is 10.00. The molecule has 18 heavy (non-hydrogen) atoms. The molecular weight excluding hydrogens is 242 g/mol. The predicted octanol–water partition coefficient (Wildman–Crippen LogP) is -1.01. The van der Waals surface area contributed by atoms with Crippen LogP contribution in [0.3, 0.4) is 0 Å². The summed E-state index contributed by atoms with van der Waals surface area (Å²) in [7, 11) is 0. The van der Waals surface area contributed by atoms with E-state index < -0.39 is 24.2 Å². The van der Waals surface area contributed by atoms with E-state index in [1.807, 2.05) is 0 Å². The minimum Gasteiger partial charge on any atom is -0.478 e. The molecule has 0 aromatic carbocycles. The molecule has 1 aliphatic rings. The first-order valence-electron chi connectivity index (χ1n) is 5.61. The van der Waals surface area contributed by atoms with Crippen LogP contribution in [0.4, 0.5) is 0 Å². The molecule has 1 aliphatic heterocycles. The van der Waals surface area contributed by atoms with Crippen LogP contribution in [0, 0.1) is 0 Å². The quantitative estimate of drug-likeness (QED) is 0.503. The average molecular weight is 259 g/mol. The molecule has 0 fully saturated rings. The van der Waals surface area contributed by atoms with Crippen LogP contribution in [0.15, 0.2) is 11.8 Å². The van der Waals surface area contributed by atoms with E-state index in [9.17, 15) is 14.7 Å². The van der Waals surface area contributed by atoms with Crippen molar-refractivity contribution in [2.45, 2.75) is 38.0 Å². The summed E-state index contributed by atoms with van der Waals surface area (Å²) in [6, 6.07) is -0.507. The summed E-state index contributed by atoms with van der Waals surface area (Å²) in [6.07, 6.45) is -0.264. The molecule has 0 aromatic heterocycles. The molecule has 7 heteroatoms. The molecule has 0 spiro atoms. The number of aliphatic hydroxyl groups is 2. The van der Waals surface area contributed by atoms with Crippen molar-refractivity contribution in [2.75, 3.05) is 6.61 Å². The van der Waals surface area contributed by atoms with Crippen molar-refractivity contribution in [3.05, 3.63) is 11.8 Å². The lowest BCUT2D eigenvalue weighted by atomic mass is 9.97. The van der Waals surface area contributed by atoms with Crippen molar-refractivity contribution in [1.29, 1.82) is 0 Å². The first-order chi connectivity index (χ1) is 8.45. The average Bonchev–Trinajstić information content (AvgIpc) is 2.28. The van der Waals surface area contributed by atoms with E-state index in [0.29, 0.717) is 0 Å². The minimum absolute atomic E-state index is 0.0493. The number of carbonyl (C=O) groups excluding carboxylic acids is 1. The lowest BCUT2D eigenvalue weighted by Crippen LogP contribution is -2.51. The maximum atomic E-state index is 11.0. The van der Waals surface area contributed by atoms with E-state index >= 15 is 0 Å². The highest BCUT2D eigenvalue weighted by atomic mass is 16.5. The predicted molar refractivity (Wildman–Crippen MR) is 60.5 cm³/mol. The Morgan fingerprint density at radius 1 is 1.61 bits per heavy atom. The van der Waals surface area contributed by atoms with Crippen molar-refractivity contribution in [1.82, 2.24) is 5.32 Å². The van der Waals surface area contributed by atoms with Gasteiger partial charge in [-0.05, 0) is 12.5 Å². The van der Waals surface area contributed by atoms with Crippen LogP contribution < -0.4 is 5.32 Å². The number of hydrogen-bond donors (Lipinski definition) is 4. The van der Waals surface area contributed by atoms with Crippen LogP contribution in [-0.2, 0) is 14.3 Å². The van der Waals surface area contributed by atoms with Gasteiger partial charge in [-0.25, -0.2) is 4.79 Å². The van der Waals surface area contributed by atoms with Crippen molar-refractivity contribution in [3.8, 4) is 0 Å². The molecule has 7 nitrogen and oxygen atoms in total. The summed E-state index contributed by atoms with van der Waals surface area (Å²) in [5.41, 5.74) is 0. The summed E-state index contributed by atoms with van der Waals surface area (Å²) in [5, 5.41) is 30.0. The number of nitrogens with one attached hydrogen (secondary N) is 1. The zero-order valence-corrected chi connectivity index (χ0v) is 10.00. The van der Waals surface area contributed by atoms with Crippen LogP contribution in [0.1, 0.15) is 19.8 Å². The molecule has 0 saturated carbocycles. The van der Waals surface area contributed by atoms with Gasteiger partial charge in [-0.3, -0.25) is 4.79 Å². The molecule has 0 aromatic rings. The highest BCUT2D eigenvalue weighted by Crippen LogP contribution is 2.22. The highest BCUT2D eigenvalue weighted by molar-refractivity contribution is 5.84. The number of carboxylic acid groups (broad SMARTS) is 1. The third kappa shape index (κ3) is 3.71. The van der Waals surface area contributed by atoms with Gasteiger partial charge in [-0.1, -0.05) is 0 Å². The summed E-state index contributed by atoms with van der Waals surface area (Å²) in [6.45, 7) is 1.08. The lowest BCUT2D eigenvalue weighted by molar-refractivity contribution is -0.141. The van der Waals surface area contributed by atoms with E-state index in [0.717, 1.165) is 0 Å². The van der Waals surface area contributed by atoms with Crippen molar-refractivity contribution >= 4 is 11.9 Å². The molecule has 4 N–H and O–H groups in total. The number of carboxylic acids is 1. The number of ether oxygens (including phenoxy) is 1. The Hall–Kier alpha value is -1.60. The maximum Gasteiger partial charge on any atom is 0.370 e. The first-order valence-corrected chi connectivity index (χ1v) is 5.61. The summed E-state index contributed by atoms with van der Waals surface area (Å²) in [5.74, 6) is -1.77. The summed E-state index contributed by atoms with van der Waals surface area (Å²) in [4.78, 5) is 21.8. The van der Waals surface area contributed by atoms with E-state index in [1.165, 1.54) is 13.0 Å². The van der Waals surface area contributed by atoms with E-state index in [2.05, 4.69) is 5.32 Å². The molecule has 3 unspecified atom stereocenters. The van der Waals surface area contributed by atoms with Gasteiger partial charge in [0.25, 0.3) is 0 Å². The van der Waals surface area contributed by atoms with Crippen molar-refractivity contribution in [3.63, 3.8) is 0 Å². The second kappa shape index (κ2) is 6.36. The van der Waals surface area contributed by atoms with Crippen molar-refractivity contribution < 1.29 is 29.6 Å². The van der Waals surface area contributed by atoms with Gasteiger partial charge < -0.3 is 25.4 Å². The van der Waals surface area contributed by atoms with Crippen LogP contribution in [-0.4, -0.2) is 52.1 Å². The molecule has 3 atom stereocenters. The second-order valence-electron chi connectivity index (χ2n) is 4.08. The van der Waals surface area contributed by atoms with Gasteiger partial charge >= 0.3 is 5.97 Å². The third-order valence-corrected chi connectivity index (χ3v) is 2.62. The fraction of sp³-hybridized carbons (Fsp3) is 0.636. The number of amides is 1. The number of aliphatic carboxylic acids is 1.